The van der Waals surface area contributed by atoms with Gasteiger partial charge in [-0.15, -0.1) is 0 Å². The molecule has 9 heteroatoms. The highest BCUT2D eigenvalue weighted by Crippen LogP contribution is 2.31. The summed E-state index contributed by atoms with van der Waals surface area (Å²) in [5.41, 5.74) is 10.3. The Balaban J connectivity index is 1.81. The predicted molar refractivity (Wildman–Crippen MR) is 132 cm³/mol. The van der Waals surface area contributed by atoms with Crippen molar-refractivity contribution in [3.05, 3.63) is 46.6 Å². The number of aromatic nitrogens is 3. The van der Waals surface area contributed by atoms with Gasteiger partial charge in [0, 0.05) is 17.7 Å². The first-order chi connectivity index (χ1) is 16.6. The summed E-state index contributed by atoms with van der Waals surface area (Å²) in [6.45, 7) is 10.1. The Kier molecular flexibility index (Phi) is 8.58. The smallest absolute Gasteiger partial charge is 0.276 e. The third-order valence-electron chi connectivity index (χ3n) is 5.52. The lowest BCUT2D eigenvalue weighted by atomic mass is 10.0. The molecule has 9 nitrogen and oxygen atoms in total. The summed E-state index contributed by atoms with van der Waals surface area (Å²) < 4.78 is 11.4. The zero-order valence-corrected chi connectivity index (χ0v) is 20.9. The van der Waals surface area contributed by atoms with E-state index in [1.807, 2.05) is 39.0 Å². The molecule has 2 atom stereocenters. The average Bonchev–Trinajstić information content (AvgIpc) is 3.27. The number of carbonyl (C=O) groups excluding carboxylic acids is 1. The minimum Gasteiger partial charge on any atom is -0.490 e. The molecule has 1 amide bonds. The van der Waals surface area contributed by atoms with Gasteiger partial charge in [-0.3, -0.25) is 4.79 Å². The fourth-order valence-electron chi connectivity index (χ4n) is 3.88. The monoisotopic (exact) mass is 482 g/mol. The third kappa shape index (κ3) is 6.86. The Morgan fingerprint density at radius 2 is 1.89 bits per heavy atom. The number of aliphatic hydroxyl groups is 2. The summed E-state index contributed by atoms with van der Waals surface area (Å²) in [5, 5.41) is 23.8. The van der Waals surface area contributed by atoms with Gasteiger partial charge in [-0.25, -0.2) is 4.98 Å². The molecule has 0 radical (unpaired) electrons. The van der Waals surface area contributed by atoms with Crippen LogP contribution in [0.25, 0.3) is 23.0 Å². The normalized spacial score (nSPS) is 13.1. The van der Waals surface area contributed by atoms with E-state index in [2.05, 4.69) is 30.1 Å². The maximum absolute atomic E-state index is 11.0. The van der Waals surface area contributed by atoms with Crippen LogP contribution in [0.1, 0.15) is 49.6 Å². The number of hydrogen-bond acceptors (Lipinski definition) is 8. The number of carbonyl (C=O) groups is 1. The van der Waals surface area contributed by atoms with Crippen molar-refractivity contribution in [3.8, 4) is 28.7 Å². The largest absolute Gasteiger partial charge is 0.490 e. The molecule has 3 aromatic rings. The Bertz CT molecular complexity index is 1170. The number of aryl methyl sites for hydroxylation is 3. The van der Waals surface area contributed by atoms with Crippen molar-refractivity contribution in [1.29, 1.82) is 0 Å². The van der Waals surface area contributed by atoms with Gasteiger partial charge in [-0.05, 0) is 73.6 Å². The van der Waals surface area contributed by atoms with Crippen LogP contribution < -0.4 is 10.5 Å². The topological polar surface area (TPSA) is 145 Å². The fourth-order valence-corrected chi connectivity index (χ4v) is 3.88. The van der Waals surface area contributed by atoms with Gasteiger partial charge in [0.05, 0.1) is 6.10 Å². The second-order valence-electron chi connectivity index (χ2n) is 9.30. The number of pyridine rings is 1. The fraction of sp³-hybridized carbons (Fsp3) is 0.462. The van der Waals surface area contributed by atoms with E-state index in [4.69, 9.17) is 20.0 Å². The summed E-state index contributed by atoms with van der Waals surface area (Å²) in [5.74, 6) is 1.05. The van der Waals surface area contributed by atoms with E-state index in [-0.39, 0.29) is 13.0 Å². The molecule has 0 saturated carbocycles. The molecule has 4 N–H and O–H groups in total. The van der Waals surface area contributed by atoms with Crippen molar-refractivity contribution in [2.75, 3.05) is 6.61 Å². The molecule has 0 bridgehead atoms. The van der Waals surface area contributed by atoms with Crippen LogP contribution in [0.15, 0.2) is 28.8 Å². The summed E-state index contributed by atoms with van der Waals surface area (Å²) >= 11 is 0. The highest BCUT2D eigenvalue weighted by atomic mass is 16.5. The lowest BCUT2D eigenvalue weighted by Gasteiger charge is -2.18. The summed E-state index contributed by atoms with van der Waals surface area (Å²) in [4.78, 5) is 20.3. The SMILES string of the molecule is CCc1cc(-c2noc(-c3cc(C)cc(CC(C)C)n3)n2)cc(C)c1OC[C@@H](O)CC(O)C(N)=O. The van der Waals surface area contributed by atoms with Crippen LogP contribution in [0.3, 0.4) is 0 Å². The first-order valence-electron chi connectivity index (χ1n) is 11.8. The van der Waals surface area contributed by atoms with Crippen LogP contribution in [-0.4, -0.2) is 50.1 Å². The third-order valence-corrected chi connectivity index (χ3v) is 5.52. The van der Waals surface area contributed by atoms with E-state index in [9.17, 15) is 15.0 Å². The highest BCUT2D eigenvalue weighted by Gasteiger charge is 2.20. The molecule has 35 heavy (non-hydrogen) atoms. The van der Waals surface area contributed by atoms with Gasteiger partial charge in [0.25, 0.3) is 5.89 Å². The molecular weight excluding hydrogens is 448 g/mol. The van der Waals surface area contributed by atoms with E-state index >= 15 is 0 Å². The number of rotatable bonds is 11. The van der Waals surface area contributed by atoms with Gasteiger partial charge in [-0.2, -0.15) is 4.98 Å². The van der Waals surface area contributed by atoms with Gasteiger partial charge >= 0.3 is 0 Å². The number of hydrogen-bond donors (Lipinski definition) is 3. The molecule has 2 aromatic heterocycles. The van der Waals surface area contributed by atoms with E-state index < -0.39 is 18.1 Å². The van der Waals surface area contributed by atoms with E-state index in [0.717, 1.165) is 34.4 Å². The zero-order chi connectivity index (χ0) is 25.7. The zero-order valence-electron chi connectivity index (χ0n) is 20.9. The standard InChI is InChI=1S/C26H34N4O5/c1-6-17-11-18(10-16(5)23(17)34-13-20(31)12-22(32)24(27)33)25-29-26(35-30-25)21-9-15(4)8-19(28-21)7-14(2)3/h8-11,14,20,22,31-32H,6-7,12-13H2,1-5H3,(H2,27,33)/t20-,22?/m0/s1. The average molecular weight is 483 g/mol. The molecule has 3 rings (SSSR count). The number of benzene rings is 1. The van der Waals surface area contributed by atoms with Crippen LogP contribution in [0, 0.1) is 19.8 Å². The number of nitrogens with zero attached hydrogens (tertiary/aromatic N) is 3. The number of amides is 1. The molecule has 1 unspecified atom stereocenters. The predicted octanol–water partition coefficient (Wildman–Crippen LogP) is 3.15. The Labute approximate surface area is 205 Å². The van der Waals surface area contributed by atoms with Crippen molar-refractivity contribution < 1.29 is 24.3 Å². The van der Waals surface area contributed by atoms with Crippen LogP contribution in [0.5, 0.6) is 5.75 Å². The highest BCUT2D eigenvalue weighted by molar-refractivity contribution is 5.78. The minimum atomic E-state index is -1.42. The lowest BCUT2D eigenvalue weighted by Crippen LogP contribution is -2.33. The van der Waals surface area contributed by atoms with Crippen LogP contribution in [0.2, 0.25) is 0 Å². The molecular formula is C26H34N4O5. The molecule has 0 aliphatic rings. The first-order valence-corrected chi connectivity index (χ1v) is 11.8. The van der Waals surface area contributed by atoms with Gasteiger partial charge in [0.2, 0.25) is 11.7 Å². The quantitative estimate of drug-likeness (QED) is 0.378. The molecule has 1 aromatic carbocycles. The summed E-state index contributed by atoms with van der Waals surface area (Å²) in [6, 6.07) is 7.82. The summed E-state index contributed by atoms with van der Waals surface area (Å²) in [7, 11) is 0. The number of primary amides is 1. The minimum absolute atomic E-state index is 0.0817. The maximum atomic E-state index is 11.0. The molecule has 0 aliphatic heterocycles. The van der Waals surface area contributed by atoms with Crippen LogP contribution in [0.4, 0.5) is 0 Å². The lowest BCUT2D eigenvalue weighted by molar-refractivity contribution is -0.127. The number of ether oxygens (including phenoxy) is 1. The molecule has 0 spiro atoms. The maximum Gasteiger partial charge on any atom is 0.276 e. The molecule has 0 fully saturated rings. The van der Waals surface area contributed by atoms with Gasteiger partial charge in [-0.1, -0.05) is 25.9 Å². The molecule has 2 heterocycles. The van der Waals surface area contributed by atoms with Crippen molar-refractivity contribution in [1.82, 2.24) is 15.1 Å². The van der Waals surface area contributed by atoms with E-state index in [1.165, 1.54) is 0 Å². The second kappa shape index (κ2) is 11.4. The Hall–Kier alpha value is -3.30. The Morgan fingerprint density at radius 3 is 2.54 bits per heavy atom. The number of nitrogens with two attached hydrogens (primary N) is 1. The van der Waals surface area contributed by atoms with Gasteiger partial charge in [0.1, 0.15) is 24.2 Å². The van der Waals surface area contributed by atoms with Crippen molar-refractivity contribution >= 4 is 5.91 Å². The van der Waals surface area contributed by atoms with Crippen molar-refractivity contribution in [2.24, 2.45) is 11.7 Å². The number of aliphatic hydroxyl groups excluding tert-OH is 2. The van der Waals surface area contributed by atoms with Gasteiger partial charge in [0.15, 0.2) is 0 Å². The van der Waals surface area contributed by atoms with Crippen molar-refractivity contribution in [3.63, 3.8) is 0 Å². The van der Waals surface area contributed by atoms with Gasteiger partial charge < -0.3 is 25.2 Å². The van der Waals surface area contributed by atoms with Crippen LogP contribution >= 0.6 is 0 Å². The molecule has 0 aliphatic carbocycles. The first kappa shape index (κ1) is 26.3. The molecule has 0 saturated heterocycles. The van der Waals surface area contributed by atoms with Crippen LogP contribution in [-0.2, 0) is 17.6 Å². The Morgan fingerprint density at radius 1 is 1.14 bits per heavy atom. The van der Waals surface area contributed by atoms with E-state index in [1.54, 1.807) is 0 Å². The van der Waals surface area contributed by atoms with E-state index in [0.29, 0.717) is 35.5 Å². The summed E-state index contributed by atoms with van der Waals surface area (Å²) in [6.07, 6.45) is -1.10. The molecule has 188 valence electrons. The van der Waals surface area contributed by atoms with Crippen molar-refractivity contribution in [2.45, 2.75) is 66.1 Å². The second-order valence-corrected chi connectivity index (χ2v) is 9.30.